The molecule has 1 saturated heterocycles. The second-order valence-corrected chi connectivity index (χ2v) is 23.2. The van der Waals surface area contributed by atoms with Crippen molar-refractivity contribution in [3.63, 3.8) is 0 Å². The van der Waals surface area contributed by atoms with E-state index in [-0.39, 0.29) is 89.2 Å². The van der Waals surface area contributed by atoms with Gasteiger partial charge in [0, 0.05) is 62.1 Å². The average molecular weight is 1010 g/mol. The van der Waals surface area contributed by atoms with Gasteiger partial charge in [-0.1, -0.05) is 29.8 Å². The number of hydrogen-bond donors (Lipinski definition) is 10. The van der Waals surface area contributed by atoms with Crippen molar-refractivity contribution in [2.24, 2.45) is 48.4 Å². The number of aliphatic hydroxyl groups excluding tert-OH is 2. The van der Waals surface area contributed by atoms with E-state index in [0.29, 0.717) is 38.5 Å². The van der Waals surface area contributed by atoms with Gasteiger partial charge in [-0.15, -0.1) is 8.67 Å². The Morgan fingerprint density at radius 1 is 0.627 bits per heavy atom. The van der Waals surface area contributed by atoms with Crippen LogP contribution in [0, 0.1) is 17.8 Å². The molecule has 1 heterocycles. The van der Waals surface area contributed by atoms with Crippen molar-refractivity contribution in [1.29, 1.82) is 0 Å². The summed E-state index contributed by atoms with van der Waals surface area (Å²) in [5.74, 6) is 0.171. The van der Waals surface area contributed by atoms with Crippen molar-refractivity contribution in [2.45, 2.75) is 217 Å². The highest BCUT2D eigenvalue weighted by atomic mass is 32.2. The minimum Gasteiger partial charge on any atom is -0.390 e. The monoisotopic (exact) mass is 1010 g/mol. The summed E-state index contributed by atoms with van der Waals surface area (Å²) >= 11 is 2.04. The zero-order valence-electron chi connectivity index (χ0n) is 38.5. The van der Waals surface area contributed by atoms with Gasteiger partial charge in [-0.05, 0) is 108 Å². The summed E-state index contributed by atoms with van der Waals surface area (Å²) in [6.45, 7) is 2.14. The zero-order valence-corrected chi connectivity index (χ0v) is 40.9. The van der Waals surface area contributed by atoms with Crippen LogP contribution in [0.4, 0.5) is 0 Å². The fraction of sp³-hybridized carbons (Fsp3) is 1.00. The van der Waals surface area contributed by atoms with E-state index in [1.54, 1.807) is 14.2 Å². The highest BCUT2D eigenvalue weighted by Crippen LogP contribution is 2.46. The number of aliphatic hydroxyl groups is 2. The normalized spacial score (nSPS) is 43.8. The Morgan fingerprint density at radius 2 is 1.28 bits per heavy atom. The van der Waals surface area contributed by atoms with Gasteiger partial charge in [-0.2, -0.15) is 39.1 Å². The van der Waals surface area contributed by atoms with Crippen LogP contribution in [-0.4, -0.2) is 149 Å². The van der Waals surface area contributed by atoms with Crippen molar-refractivity contribution in [3.8, 4) is 0 Å². The number of methoxy groups -OCH3 is 2. The molecule has 0 radical (unpaired) electrons. The Hall–Kier alpha value is -1.19. The molecule has 27 heteroatoms. The maximum absolute atomic E-state index is 11.9. The van der Waals surface area contributed by atoms with E-state index >= 15 is 0 Å². The van der Waals surface area contributed by atoms with E-state index < -0.39 is 46.4 Å². The van der Waals surface area contributed by atoms with Gasteiger partial charge in [-0.25, -0.2) is 10.5 Å². The first-order valence-electron chi connectivity index (χ1n) is 24.0. The number of nitrogens with one attached hydrogen (secondary N) is 5. The molecule has 20 unspecified atom stereocenters. The van der Waals surface area contributed by atoms with Crippen LogP contribution in [-0.2, 0) is 38.3 Å². The topological polar surface area (TPSA) is 325 Å². The lowest BCUT2D eigenvalue weighted by Crippen LogP contribution is -2.76. The lowest BCUT2D eigenvalue weighted by molar-refractivity contribution is -0.432. The molecule has 67 heavy (non-hydrogen) atoms. The third-order valence-corrected chi connectivity index (χ3v) is 18.2. The van der Waals surface area contributed by atoms with Crippen LogP contribution in [0.1, 0.15) is 116 Å². The molecule has 0 amide bonds. The highest BCUT2D eigenvalue weighted by molar-refractivity contribution is 7.95. The lowest BCUT2D eigenvalue weighted by Gasteiger charge is -2.48. The molecule has 0 bridgehead atoms. The van der Waals surface area contributed by atoms with Crippen molar-refractivity contribution in [2.75, 3.05) is 14.2 Å². The first-order chi connectivity index (χ1) is 32.3. The third-order valence-electron chi connectivity index (χ3n) is 15.2. The number of ether oxygens (including phenoxy) is 2. The van der Waals surface area contributed by atoms with Crippen molar-refractivity contribution in [3.05, 3.63) is 0 Å². The summed E-state index contributed by atoms with van der Waals surface area (Å²) in [6, 6.07) is -1.03. The maximum atomic E-state index is 11.9. The van der Waals surface area contributed by atoms with Gasteiger partial charge in [0.15, 0.2) is 6.35 Å². The molecule has 0 aromatic carbocycles. The molecule has 384 valence electrons. The summed E-state index contributed by atoms with van der Waals surface area (Å²) in [5.41, 5.74) is 0. The molecular formula is C40H73N11O13S3. The van der Waals surface area contributed by atoms with E-state index in [1.807, 2.05) is 0 Å². The molecule has 0 aromatic heterocycles. The van der Waals surface area contributed by atoms with Gasteiger partial charge < -0.3 is 19.7 Å². The second kappa shape index (κ2) is 26.0. The number of rotatable bonds is 19. The van der Waals surface area contributed by atoms with E-state index in [1.165, 1.54) is 0 Å². The van der Waals surface area contributed by atoms with Gasteiger partial charge in [0.25, 0.3) is 10.1 Å². The molecule has 24 nitrogen and oxygen atoms in total. The number of nitrogens with zero attached hydrogens (tertiary/aromatic N) is 6. The Morgan fingerprint density at radius 3 is 2.00 bits per heavy atom. The average Bonchev–Trinajstić information content (AvgIpc) is 3.31. The van der Waals surface area contributed by atoms with Gasteiger partial charge in [0.1, 0.15) is 18.6 Å². The fourth-order valence-corrected chi connectivity index (χ4v) is 14.0. The van der Waals surface area contributed by atoms with Crippen LogP contribution in [0.5, 0.6) is 0 Å². The predicted molar refractivity (Wildman–Crippen MR) is 244 cm³/mol. The molecule has 0 spiro atoms. The van der Waals surface area contributed by atoms with Crippen molar-refractivity contribution in [1.82, 2.24) is 26.6 Å². The van der Waals surface area contributed by atoms with E-state index in [4.69, 9.17) is 49.9 Å². The summed E-state index contributed by atoms with van der Waals surface area (Å²) in [7, 11) is -0.762. The van der Waals surface area contributed by atoms with Gasteiger partial charge in [-0.3, -0.25) is 31.1 Å². The summed E-state index contributed by atoms with van der Waals surface area (Å²) < 4.78 is 54.7. The molecule has 6 saturated carbocycles. The fourth-order valence-electron chi connectivity index (χ4n) is 11.6. The number of fused-ring (bicyclic) bond motifs is 1. The smallest absolute Gasteiger partial charge is 0.267 e. The molecule has 6 aliphatic carbocycles. The molecule has 20 atom stereocenters. The van der Waals surface area contributed by atoms with Crippen molar-refractivity contribution < 1.29 is 61.9 Å². The van der Waals surface area contributed by atoms with E-state index in [2.05, 4.69) is 53.0 Å². The van der Waals surface area contributed by atoms with E-state index in [9.17, 15) is 23.2 Å². The molecule has 7 aliphatic rings. The van der Waals surface area contributed by atoms with Crippen LogP contribution in [0.15, 0.2) is 30.7 Å². The quantitative estimate of drug-likeness (QED) is 0.0285. The van der Waals surface area contributed by atoms with Crippen molar-refractivity contribution >= 4 is 34.2 Å². The van der Waals surface area contributed by atoms with Crippen LogP contribution >= 0.6 is 24.1 Å². The van der Waals surface area contributed by atoms with Crippen LogP contribution in [0.25, 0.3) is 0 Å². The Balaban J connectivity index is 0.894. The largest absolute Gasteiger partial charge is 0.390 e. The minimum atomic E-state index is -4.13. The SMILES string of the molecule is COC1CC(N=NC2CCCC(SOOO)C2)CCC1N=NC1CC(OC)C(N=NC2C(SOOO)CC3CC(NC4NC(O)NC(NC5CCCC(S(=O)(=O)O)C5)N4)CCC3C2O)CC1C. The van der Waals surface area contributed by atoms with Crippen LogP contribution < -0.4 is 26.6 Å². The second-order valence-electron chi connectivity index (χ2n) is 19.6. The summed E-state index contributed by atoms with van der Waals surface area (Å²) in [6.07, 6.45) is 9.04. The number of azo groups is 3. The maximum Gasteiger partial charge on any atom is 0.267 e. The lowest BCUT2D eigenvalue weighted by atomic mass is 9.66. The molecular weight excluding hydrogens is 939 g/mol. The third kappa shape index (κ3) is 15.2. The van der Waals surface area contributed by atoms with Gasteiger partial charge >= 0.3 is 0 Å². The molecule has 7 fully saturated rings. The Bertz CT molecular complexity index is 1720. The first kappa shape index (κ1) is 53.6. The molecule has 7 rings (SSSR count). The minimum absolute atomic E-state index is 0.0289. The standard InChI is InChI=1S/C40H73N11O13S3/c1-21-14-32(34(60-3)20-31(21)49-48-30-13-11-26(19-33(30)59-2)47-46-25-7-4-8-27(17-25)65-63-61-54)50-51-36-35(66-64-62-55)16-22-15-24(10-12-29(22)37(36)52)42-39-43-38(44-40(53)45-39)41-23-6-5-9-28(18-23)67(56,57)58/h21-45,52-55H,4-20H2,1-3H3,(H,56,57,58). The summed E-state index contributed by atoms with van der Waals surface area (Å²) in [5, 5.41) is 92.0. The molecule has 10 N–H and O–H groups in total. The number of hydrogen-bond acceptors (Lipinski definition) is 25. The first-order valence-corrected chi connectivity index (χ1v) is 27.1. The Kier molecular flexibility index (Phi) is 20.8. The molecule has 1 aliphatic heterocycles. The zero-order chi connectivity index (χ0) is 47.5. The summed E-state index contributed by atoms with van der Waals surface area (Å²) in [4.78, 5) is 0. The van der Waals surface area contributed by atoms with Gasteiger partial charge in [0.05, 0.1) is 59.0 Å². The Labute approximate surface area is 401 Å². The van der Waals surface area contributed by atoms with E-state index in [0.717, 1.165) is 88.3 Å². The van der Waals surface area contributed by atoms with Crippen LogP contribution in [0.2, 0.25) is 0 Å². The highest BCUT2D eigenvalue weighted by Gasteiger charge is 2.48. The van der Waals surface area contributed by atoms with Gasteiger partial charge in [0.2, 0.25) is 0 Å². The van der Waals surface area contributed by atoms with Crippen LogP contribution in [0.3, 0.4) is 0 Å². The molecule has 0 aromatic rings. The predicted octanol–water partition coefficient (Wildman–Crippen LogP) is 4.20.